The van der Waals surface area contributed by atoms with Gasteiger partial charge >= 0.3 is 0 Å². The van der Waals surface area contributed by atoms with Gasteiger partial charge in [-0.1, -0.05) is 12.1 Å². The van der Waals surface area contributed by atoms with E-state index in [1.54, 1.807) is 0 Å². The van der Waals surface area contributed by atoms with Gasteiger partial charge in [-0.15, -0.1) is 0 Å². The number of hydrogen-bond donors (Lipinski definition) is 1. The molecule has 0 saturated heterocycles. The van der Waals surface area contributed by atoms with E-state index >= 15 is 0 Å². The first-order valence-corrected chi connectivity index (χ1v) is 5.77. The number of rotatable bonds is 4. The van der Waals surface area contributed by atoms with Crippen LogP contribution in [0.15, 0.2) is 36.7 Å². The molecule has 4 nitrogen and oxygen atoms in total. The lowest BCUT2D eigenvalue weighted by Gasteiger charge is -2.19. The van der Waals surface area contributed by atoms with E-state index in [4.69, 9.17) is 5.73 Å². The first kappa shape index (κ1) is 11.5. The lowest BCUT2D eigenvalue weighted by atomic mass is 10.2. The van der Waals surface area contributed by atoms with E-state index in [0.717, 1.165) is 24.7 Å². The van der Waals surface area contributed by atoms with Gasteiger partial charge in [0.05, 0.1) is 0 Å². The Morgan fingerprint density at radius 1 is 1.41 bits per heavy atom. The summed E-state index contributed by atoms with van der Waals surface area (Å²) in [4.78, 5) is 6.49. The Bertz CT molecular complexity index is 490. The van der Waals surface area contributed by atoms with Crippen LogP contribution in [-0.4, -0.2) is 16.6 Å². The Morgan fingerprint density at radius 2 is 2.24 bits per heavy atom. The molecule has 0 spiro atoms. The Labute approximate surface area is 102 Å². The van der Waals surface area contributed by atoms with E-state index < -0.39 is 0 Å². The van der Waals surface area contributed by atoms with Gasteiger partial charge in [0.15, 0.2) is 0 Å². The monoisotopic (exact) mass is 230 g/mol. The zero-order valence-corrected chi connectivity index (χ0v) is 10.3. The molecule has 0 unspecified atom stereocenters. The SMILES string of the molecule is CCn1ccnc1N(C)Cc1cccc(N)c1. The fraction of sp³-hybridized carbons (Fsp3) is 0.308. The predicted octanol–water partition coefficient (Wildman–Crippen LogP) is 2.12. The van der Waals surface area contributed by atoms with E-state index in [1.807, 2.05) is 37.6 Å². The van der Waals surface area contributed by atoms with Gasteiger partial charge in [-0.3, -0.25) is 0 Å². The molecule has 4 heteroatoms. The fourth-order valence-electron chi connectivity index (χ4n) is 1.92. The number of hydrogen-bond acceptors (Lipinski definition) is 3. The van der Waals surface area contributed by atoms with Crippen molar-refractivity contribution in [1.82, 2.24) is 9.55 Å². The van der Waals surface area contributed by atoms with Crippen LogP contribution in [0.5, 0.6) is 0 Å². The second-order valence-corrected chi connectivity index (χ2v) is 4.11. The summed E-state index contributed by atoms with van der Waals surface area (Å²) in [6.07, 6.45) is 3.82. The van der Waals surface area contributed by atoms with Crippen LogP contribution in [0, 0.1) is 0 Å². The summed E-state index contributed by atoms with van der Waals surface area (Å²) in [5.41, 5.74) is 7.76. The molecule has 0 amide bonds. The van der Waals surface area contributed by atoms with Gasteiger partial charge in [0.25, 0.3) is 0 Å². The van der Waals surface area contributed by atoms with Gasteiger partial charge < -0.3 is 15.2 Å². The first-order valence-electron chi connectivity index (χ1n) is 5.77. The molecular formula is C13H18N4. The predicted molar refractivity (Wildman–Crippen MR) is 70.9 cm³/mol. The van der Waals surface area contributed by atoms with Crippen molar-refractivity contribution in [1.29, 1.82) is 0 Å². The van der Waals surface area contributed by atoms with E-state index in [1.165, 1.54) is 5.56 Å². The quantitative estimate of drug-likeness (QED) is 0.818. The molecule has 0 atom stereocenters. The second kappa shape index (κ2) is 4.91. The van der Waals surface area contributed by atoms with Gasteiger partial charge in [-0.2, -0.15) is 0 Å². The molecule has 0 bridgehead atoms. The molecule has 2 aromatic rings. The van der Waals surface area contributed by atoms with Gasteiger partial charge in [0.2, 0.25) is 5.95 Å². The molecule has 1 heterocycles. The van der Waals surface area contributed by atoms with Crippen molar-refractivity contribution in [2.24, 2.45) is 0 Å². The molecule has 17 heavy (non-hydrogen) atoms. The molecule has 90 valence electrons. The molecule has 0 saturated carbocycles. The van der Waals surface area contributed by atoms with E-state index in [2.05, 4.69) is 27.4 Å². The van der Waals surface area contributed by atoms with Crippen LogP contribution in [0.2, 0.25) is 0 Å². The van der Waals surface area contributed by atoms with Crippen molar-refractivity contribution < 1.29 is 0 Å². The number of benzene rings is 1. The highest BCUT2D eigenvalue weighted by molar-refractivity contribution is 5.42. The maximum Gasteiger partial charge on any atom is 0.205 e. The molecule has 0 aliphatic heterocycles. The summed E-state index contributed by atoms with van der Waals surface area (Å²) >= 11 is 0. The third-order valence-corrected chi connectivity index (χ3v) is 2.75. The molecule has 0 radical (unpaired) electrons. The topological polar surface area (TPSA) is 47.1 Å². The Morgan fingerprint density at radius 3 is 2.94 bits per heavy atom. The summed E-state index contributed by atoms with van der Waals surface area (Å²) in [7, 11) is 2.04. The van der Waals surface area contributed by atoms with Crippen LogP contribution >= 0.6 is 0 Å². The zero-order valence-electron chi connectivity index (χ0n) is 10.3. The Kier molecular flexibility index (Phi) is 3.32. The lowest BCUT2D eigenvalue weighted by Crippen LogP contribution is -2.20. The van der Waals surface area contributed by atoms with Crippen LogP contribution in [0.1, 0.15) is 12.5 Å². The van der Waals surface area contributed by atoms with Crippen LogP contribution in [0.3, 0.4) is 0 Å². The third kappa shape index (κ3) is 2.58. The highest BCUT2D eigenvalue weighted by Crippen LogP contribution is 2.14. The largest absolute Gasteiger partial charge is 0.399 e. The molecular weight excluding hydrogens is 212 g/mol. The molecule has 0 aliphatic carbocycles. The number of nitrogens with two attached hydrogens (primary N) is 1. The molecule has 2 N–H and O–H groups in total. The number of imidazole rings is 1. The highest BCUT2D eigenvalue weighted by Gasteiger charge is 2.07. The zero-order chi connectivity index (χ0) is 12.3. The Hall–Kier alpha value is -1.97. The Balaban J connectivity index is 2.14. The standard InChI is InChI=1S/C13H18N4/c1-3-17-8-7-15-13(17)16(2)10-11-5-4-6-12(14)9-11/h4-9H,3,10,14H2,1-2H3. The minimum absolute atomic E-state index is 0.801. The van der Waals surface area contributed by atoms with Crippen molar-refractivity contribution in [3.63, 3.8) is 0 Å². The van der Waals surface area contributed by atoms with Crippen LogP contribution in [-0.2, 0) is 13.1 Å². The lowest BCUT2D eigenvalue weighted by molar-refractivity contribution is 0.725. The molecule has 2 rings (SSSR count). The van der Waals surface area contributed by atoms with Gasteiger partial charge in [0.1, 0.15) is 0 Å². The molecule has 1 aromatic carbocycles. The maximum absolute atomic E-state index is 5.77. The van der Waals surface area contributed by atoms with Gasteiger partial charge in [0, 0.05) is 38.2 Å². The first-order chi connectivity index (χ1) is 8.20. The van der Waals surface area contributed by atoms with Crippen molar-refractivity contribution in [2.75, 3.05) is 17.7 Å². The number of nitrogens with zero attached hydrogens (tertiary/aromatic N) is 3. The van der Waals surface area contributed by atoms with E-state index in [-0.39, 0.29) is 0 Å². The van der Waals surface area contributed by atoms with Crippen molar-refractivity contribution in [2.45, 2.75) is 20.0 Å². The molecule has 0 fully saturated rings. The third-order valence-electron chi connectivity index (χ3n) is 2.75. The summed E-state index contributed by atoms with van der Waals surface area (Å²) < 4.78 is 2.12. The summed E-state index contributed by atoms with van der Waals surface area (Å²) in [6.45, 7) is 3.85. The normalized spacial score (nSPS) is 10.5. The maximum atomic E-state index is 5.77. The van der Waals surface area contributed by atoms with Crippen molar-refractivity contribution >= 4 is 11.6 Å². The van der Waals surface area contributed by atoms with Crippen molar-refractivity contribution in [3.8, 4) is 0 Å². The van der Waals surface area contributed by atoms with Crippen LogP contribution in [0.25, 0.3) is 0 Å². The summed E-state index contributed by atoms with van der Waals surface area (Å²) in [5.74, 6) is 0.981. The number of aromatic nitrogens is 2. The fourth-order valence-corrected chi connectivity index (χ4v) is 1.92. The van der Waals surface area contributed by atoms with Crippen LogP contribution in [0.4, 0.5) is 11.6 Å². The number of anilines is 2. The van der Waals surface area contributed by atoms with Crippen molar-refractivity contribution in [3.05, 3.63) is 42.2 Å². The second-order valence-electron chi connectivity index (χ2n) is 4.11. The average molecular weight is 230 g/mol. The molecule has 0 aliphatic rings. The van der Waals surface area contributed by atoms with Gasteiger partial charge in [-0.05, 0) is 24.6 Å². The molecule has 1 aromatic heterocycles. The van der Waals surface area contributed by atoms with Crippen LogP contribution < -0.4 is 10.6 Å². The smallest absolute Gasteiger partial charge is 0.205 e. The highest BCUT2D eigenvalue weighted by atomic mass is 15.3. The average Bonchev–Trinajstić information content (AvgIpc) is 2.77. The summed E-state index contributed by atoms with van der Waals surface area (Å²) in [6, 6.07) is 7.95. The minimum Gasteiger partial charge on any atom is -0.399 e. The minimum atomic E-state index is 0.801. The number of aryl methyl sites for hydroxylation is 1. The summed E-state index contributed by atoms with van der Waals surface area (Å²) in [5, 5.41) is 0. The van der Waals surface area contributed by atoms with E-state index in [9.17, 15) is 0 Å². The van der Waals surface area contributed by atoms with E-state index in [0.29, 0.717) is 0 Å². The number of nitrogen functional groups attached to an aromatic ring is 1. The van der Waals surface area contributed by atoms with Gasteiger partial charge in [-0.25, -0.2) is 4.98 Å².